The summed E-state index contributed by atoms with van der Waals surface area (Å²) in [4.78, 5) is 11.7. The van der Waals surface area contributed by atoms with Gasteiger partial charge in [0, 0.05) is 17.6 Å². The largest absolute Gasteiger partial charge is 0.272 e. The molecule has 1 amide bonds. The van der Waals surface area contributed by atoms with Crippen LogP contribution in [0.1, 0.15) is 5.56 Å². The summed E-state index contributed by atoms with van der Waals surface area (Å²) in [5.41, 5.74) is 2.32. The quantitative estimate of drug-likeness (QED) is 0.579. The number of hydrogen-bond acceptors (Lipinski definition) is 4. The zero-order chi connectivity index (χ0) is 19.3. The number of hydrogen-bond donors (Lipinski definition) is 1. The molecule has 26 heavy (non-hydrogen) atoms. The van der Waals surface area contributed by atoms with Crippen molar-refractivity contribution in [2.75, 3.05) is 13.6 Å². The maximum atomic E-state index is 13.4. The Morgan fingerprint density at radius 3 is 2.65 bits per heavy atom. The van der Waals surface area contributed by atoms with Gasteiger partial charge in [0.15, 0.2) is 0 Å². The summed E-state index contributed by atoms with van der Waals surface area (Å²) in [6.45, 7) is -0.514. The lowest BCUT2D eigenvalue weighted by atomic mass is 10.2. The van der Waals surface area contributed by atoms with Crippen molar-refractivity contribution in [3.63, 3.8) is 0 Å². The highest BCUT2D eigenvalue weighted by molar-refractivity contribution is 7.89. The fourth-order valence-corrected chi connectivity index (χ4v) is 3.78. The second-order valence-corrected chi connectivity index (χ2v) is 8.01. The molecule has 0 spiro atoms. The van der Waals surface area contributed by atoms with Crippen LogP contribution in [0.25, 0.3) is 0 Å². The van der Waals surface area contributed by atoms with E-state index in [1.807, 2.05) is 0 Å². The molecule has 0 aliphatic carbocycles. The molecule has 0 heterocycles. The predicted octanol–water partition coefficient (Wildman–Crippen LogP) is 2.90. The van der Waals surface area contributed by atoms with Gasteiger partial charge in [-0.05, 0) is 24.3 Å². The van der Waals surface area contributed by atoms with Crippen LogP contribution in [-0.4, -0.2) is 38.4 Å². The molecule has 0 bridgehead atoms. The number of hydrazone groups is 1. The van der Waals surface area contributed by atoms with Crippen LogP contribution in [0.5, 0.6) is 0 Å². The number of sulfonamides is 1. The highest BCUT2D eigenvalue weighted by Gasteiger charge is 2.25. The molecule has 138 valence electrons. The molecule has 0 aliphatic rings. The minimum atomic E-state index is -4.03. The third kappa shape index (κ3) is 5.01. The van der Waals surface area contributed by atoms with Gasteiger partial charge in [0.1, 0.15) is 10.7 Å². The number of carbonyl (C=O) groups is 1. The second-order valence-electron chi connectivity index (χ2n) is 5.15. The van der Waals surface area contributed by atoms with Gasteiger partial charge in [-0.3, -0.25) is 4.79 Å². The van der Waals surface area contributed by atoms with Crippen LogP contribution in [0.2, 0.25) is 10.0 Å². The number of nitrogens with one attached hydrogen (secondary N) is 1. The highest BCUT2D eigenvalue weighted by Crippen LogP contribution is 2.27. The Labute approximate surface area is 160 Å². The number of amides is 1. The Morgan fingerprint density at radius 2 is 1.96 bits per heavy atom. The molecule has 0 aromatic heterocycles. The molecule has 0 unspecified atom stereocenters. The van der Waals surface area contributed by atoms with Crippen molar-refractivity contribution in [2.24, 2.45) is 5.10 Å². The number of nitrogens with zero attached hydrogens (tertiary/aromatic N) is 2. The van der Waals surface area contributed by atoms with Crippen LogP contribution < -0.4 is 5.43 Å². The van der Waals surface area contributed by atoms with Crippen LogP contribution in [-0.2, 0) is 14.8 Å². The van der Waals surface area contributed by atoms with E-state index < -0.39 is 28.3 Å². The minimum absolute atomic E-state index is 0.0146. The molecule has 10 heteroatoms. The lowest BCUT2D eigenvalue weighted by Crippen LogP contribution is -2.36. The summed E-state index contributed by atoms with van der Waals surface area (Å²) >= 11 is 11.7. The number of likely N-dealkylation sites (N-methyl/N-ethyl adjacent to an activating group) is 1. The first-order valence-electron chi connectivity index (χ1n) is 7.19. The molecule has 2 aromatic carbocycles. The summed E-state index contributed by atoms with van der Waals surface area (Å²) in [6, 6.07) is 9.86. The van der Waals surface area contributed by atoms with Crippen molar-refractivity contribution in [1.29, 1.82) is 0 Å². The first-order chi connectivity index (χ1) is 12.2. The normalized spacial score (nSPS) is 11.9. The molecule has 6 nitrogen and oxygen atoms in total. The van der Waals surface area contributed by atoms with Crippen molar-refractivity contribution in [3.8, 4) is 0 Å². The maximum absolute atomic E-state index is 13.4. The van der Waals surface area contributed by atoms with Crippen molar-refractivity contribution < 1.29 is 17.6 Å². The van der Waals surface area contributed by atoms with Crippen LogP contribution in [0, 0.1) is 5.82 Å². The molecule has 2 rings (SSSR count). The second kappa shape index (κ2) is 8.59. The first-order valence-corrected chi connectivity index (χ1v) is 9.39. The third-order valence-electron chi connectivity index (χ3n) is 3.25. The summed E-state index contributed by atoms with van der Waals surface area (Å²) in [7, 11) is -2.81. The molecule has 0 aliphatic heterocycles. The van der Waals surface area contributed by atoms with E-state index in [-0.39, 0.29) is 20.5 Å². The van der Waals surface area contributed by atoms with Crippen LogP contribution >= 0.6 is 23.2 Å². The van der Waals surface area contributed by atoms with Crippen LogP contribution in [0.15, 0.2) is 52.5 Å². The van der Waals surface area contributed by atoms with Gasteiger partial charge in [-0.1, -0.05) is 41.4 Å². The maximum Gasteiger partial charge on any atom is 0.255 e. The van der Waals surface area contributed by atoms with Gasteiger partial charge in [0.25, 0.3) is 5.91 Å². The smallest absolute Gasteiger partial charge is 0.255 e. The number of carbonyl (C=O) groups excluding carboxylic acids is 1. The van der Waals surface area contributed by atoms with E-state index >= 15 is 0 Å². The molecule has 1 N–H and O–H groups in total. The number of rotatable bonds is 6. The molecule has 0 atom stereocenters. The number of benzene rings is 2. The fraction of sp³-hybridized carbons (Fsp3) is 0.125. The Morgan fingerprint density at radius 1 is 1.27 bits per heavy atom. The Kier molecular flexibility index (Phi) is 6.71. The van der Waals surface area contributed by atoms with E-state index in [1.54, 1.807) is 6.07 Å². The van der Waals surface area contributed by atoms with Gasteiger partial charge in [0.2, 0.25) is 10.0 Å². The molecule has 0 radical (unpaired) electrons. The summed E-state index contributed by atoms with van der Waals surface area (Å²) < 4.78 is 39.2. The van der Waals surface area contributed by atoms with E-state index in [2.05, 4.69) is 10.5 Å². The molecular weight excluding hydrogens is 404 g/mol. The van der Waals surface area contributed by atoms with Gasteiger partial charge in [0.05, 0.1) is 17.8 Å². The van der Waals surface area contributed by atoms with E-state index in [0.29, 0.717) is 0 Å². The zero-order valence-electron chi connectivity index (χ0n) is 13.5. The van der Waals surface area contributed by atoms with Crippen molar-refractivity contribution in [2.45, 2.75) is 4.90 Å². The summed E-state index contributed by atoms with van der Waals surface area (Å²) in [6.07, 6.45) is 1.12. The average molecular weight is 418 g/mol. The molecule has 0 fully saturated rings. The zero-order valence-corrected chi connectivity index (χ0v) is 15.8. The van der Waals surface area contributed by atoms with Gasteiger partial charge in [-0.2, -0.15) is 9.41 Å². The lowest BCUT2D eigenvalue weighted by molar-refractivity contribution is -0.121. The highest BCUT2D eigenvalue weighted by atomic mass is 35.5. The van der Waals surface area contributed by atoms with Crippen LogP contribution in [0.3, 0.4) is 0 Å². The standard InChI is InChI=1S/C16H14Cl2FN3O3S/c1-22(26(24,25)15-8-12(17)6-7-13(15)18)10-16(23)21-20-9-11-4-2-3-5-14(11)19/h2-9H,10H2,1H3,(H,21,23)/b20-9-. The SMILES string of the molecule is CN(CC(=O)N/N=C\c1ccccc1F)S(=O)(=O)c1cc(Cl)ccc1Cl. The minimum Gasteiger partial charge on any atom is -0.272 e. The number of halogens is 3. The summed E-state index contributed by atoms with van der Waals surface area (Å²) in [5.74, 6) is -1.21. The fourth-order valence-electron chi connectivity index (χ4n) is 1.92. The van der Waals surface area contributed by atoms with Gasteiger partial charge < -0.3 is 0 Å². The van der Waals surface area contributed by atoms with E-state index in [1.165, 1.54) is 43.4 Å². The molecule has 0 saturated carbocycles. The van der Waals surface area contributed by atoms with E-state index in [4.69, 9.17) is 23.2 Å². The van der Waals surface area contributed by atoms with Crippen molar-refractivity contribution in [3.05, 3.63) is 63.9 Å². The van der Waals surface area contributed by atoms with Gasteiger partial charge in [-0.25, -0.2) is 18.2 Å². The van der Waals surface area contributed by atoms with Gasteiger partial charge >= 0.3 is 0 Å². The predicted molar refractivity (Wildman–Crippen MR) is 98.4 cm³/mol. The summed E-state index contributed by atoms with van der Waals surface area (Å²) in [5, 5.41) is 3.79. The Balaban J connectivity index is 2.04. The van der Waals surface area contributed by atoms with Crippen molar-refractivity contribution in [1.82, 2.24) is 9.73 Å². The molecular formula is C16H14Cl2FN3O3S. The van der Waals surface area contributed by atoms with Gasteiger partial charge in [-0.15, -0.1) is 0 Å². The van der Waals surface area contributed by atoms with Crippen LogP contribution in [0.4, 0.5) is 4.39 Å². The Hall–Kier alpha value is -2.00. The third-order valence-corrected chi connectivity index (χ3v) is 5.77. The lowest BCUT2D eigenvalue weighted by Gasteiger charge is -2.17. The molecule has 2 aromatic rings. The monoisotopic (exact) mass is 417 g/mol. The van der Waals surface area contributed by atoms with E-state index in [9.17, 15) is 17.6 Å². The van der Waals surface area contributed by atoms with E-state index in [0.717, 1.165) is 10.5 Å². The molecule has 0 saturated heterocycles. The Bertz CT molecular complexity index is 952. The van der Waals surface area contributed by atoms with Crippen molar-refractivity contribution >= 4 is 45.3 Å². The average Bonchev–Trinajstić information content (AvgIpc) is 2.58. The topological polar surface area (TPSA) is 78.8 Å². The first kappa shape index (κ1) is 20.3.